The highest BCUT2D eigenvalue weighted by molar-refractivity contribution is 5.88. The number of nitrogens with two attached hydrogens (primary N) is 1. The highest BCUT2D eigenvalue weighted by atomic mass is 35.5. The molecule has 0 saturated carbocycles. The van der Waals surface area contributed by atoms with Crippen molar-refractivity contribution >= 4 is 24.3 Å². The van der Waals surface area contributed by atoms with E-state index in [0.29, 0.717) is 0 Å². The van der Waals surface area contributed by atoms with Gasteiger partial charge in [0.2, 0.25) is 5.91 Å². The van der Waals surface area contributed by atoms with Crippen LogP contribution in [-0.2, 0) is 22.6 Å². The van der Waals surface area contributed by atoms with Crippen molar-refractivity contribution in [2.75, 3.05) is 0 Å². The molecule has 3 rings (SSSR count). The number of hydrogen-bond donors (Lipinski definition) is 3. The molecule has 7 heteroatoms. The summed E-state index contributed by atoms with van der Waals surface area (Å²) in [7, 11) is 0. The van der Waals surface area contributed by atoms with Crippen LogP contribution in [0.15, 0.2) is 36.4 Å². The number of benzene rings is 2. The fourth-order valence-electron chi connectivity index (χ4n) is 4.23. The smallest absolute Gasteiger partial charge is 0.326 e. The number of fused-ring (bicyclic) bond motifs is 1. The number of nitrogens with zero attached hydrogens (tertiary/aromatic N) is 1. The highest BCUT2D eigenvalue weighted by Gasteiger charge is 2.38. The van der Waals surface area contributed by atoms with Crippen molar-refractivity contribution in [3.8, 4) is 5.75 Å². The summed E-state index contributed by atoms with van der Waals surface area (Å²) in [6.07, 6.45) is 0.273. The lowest BCUT2D eigenvalue weighted by atomic mass is 9.85. The van der Waals surface area contributed by atoms with Gasteiger partial charge in [0.25, 0.3) is 0 Å². The Hall–Kier alpha value is -2.57. The summed E-state index contributed by atoms with van der Waals surface area (Å²) in [6.45, 7) is 5.84. The SMILES string of the molecule is Cc1cc(O)cc(C)c1[C@H](C)[C@H](N)C(=O)N1Cc2ccccc2C[C@H]1C(=O)O.Cl. The summed E-state index contributed by atoms with van der Waals surface area (Å²) < 4.78 is 0. The summed E-state index contributed by atoms with van der Waals surface area (Å²) in [5, 5.41) is 19.4. The Balaban J connectivity index is 0.00000300. The fourth-order valence-corrected chi connectivity index (χ4v) is 4.23. The zero-order chi connectivity index (χ0) is 20.6. The third-order valence-electron chi connectivity index (χ3n) is 5.67. The zero-order valence-corrected chi connectivity index (χ0v) is 17.6. The van der Waals surface area contributed by atoms with Crippen LogP contribution in [0.1, 0.15) is 40.7 Å². The van der Waals surface area contributed by atoms with E-state index in [1.165, 1.54) is 4.90 Å². The summed E-state index contributed by atoms with van der Waals surface area (Å²) in [4.78, 5) is 26.4. The van der Waals surface area contributed by atoms with Gasteiger partial charge in [-0.2, -0.15) is 0 Å². The second-order valence-electron chi connectivity index (χ2n) is 7.60. The average Bonchev–Trinajstić information content (AvgIpc) is 2.64. The Bertz CT molecular complexity index is 908. The maximum atomic E-state index is 13.2. The predicted molar refractivity (Wildman–Crippen MR) is 113 cm³/mol. The quantitative estimate of drug-likeness (QED) is 0.708. The van der Waals surface area contributed by atoms with Crippen molar-refractivity contribution in [3.63, 3.8) is 0 Å². The molecule has 1 aliphatic heterocycles. The van der Waals surface area contributed by atoms with Crippen LogP contribution < -0.4 is 5.73 Å². The first kappa shape index (κ1) is 22.7. The van der Waals surface area contributed by atoms with Gasteiger partial charge in [-0.3, -0.25) is 4.79 Å². The van der Waals surface area contributed by atoms with Gasteiger partial charge in [-0.05, 0) is 53.8 Å². The fraction of sp³-hybridized carbons (Fsp3) is 0.364. The van der Waals surface area contributed by atoms with Crippen molar-refractivity contribution in [1.82, 2.24) is 4.90 Å². The van der Waals surface area contributed by atoms with Crippen LogP contribution in [0.3, 0.4) is 0 Å². The third kappa shape index (κ3) is 4.38. The number of carboxylic acid groups (broad SMARTS) is 1. The van der Waals surface area contributed by atoms with Crippen LogP contribution in [0.5, 0.6) is 5.75 Å². The number of halogens is 1. The zero-order valence-electron chi connectivity index (χ0n) is 16.8. The maximum absolute atomic E-state index is 13.2. The number of aliphatic carboxylic acids is 1. The Morgan fingerprint density at radius 2 is 1.69 bits per heavy atom. The standard InChI is InChI=1S/C22H26N2O4.ClH/c1-12-8-17(25)9-13(2)19(12)14(3)20(23)21(26)24-11-16-7-5-4-6-15(16)10-18(24)22(27)28;/h4-9,14,18,20,25H,10-11,23H2,1-3H3,(H,27,28);1H/t14-,18-,20-;/m0./s1. The lowest BCUT2D eigenvalue weighted by Crippen LogP contribution is -2.55. The summed E-state index contributed by atoms with van der Waals surface area (Å²) in [5.74, 6) is -1.55. The number of phenolic OH excluding ortho intramolecular Hbond substituents is 1. The van der Waals surface area contributed by atoms with E-state index in [0.717, 1.165) is 27.8 Å². The second kappa shape index (κ2) is 8.84. The molecule has 0 aromatic heterocycles. The normalized spacial score (nSPS) is 17.7. The highest BCUT2D eigenvalue weighted by Crippen LogP contribution is 2.31. The average molecular weight is 419 g/mol. The largest absolute Gasteiger partial charge is 0.508 e. The molecule has 29 heavy (non-hydrogen) atoms. The molecule has 3 atom stereocenters. The Labute approximate surface area is 176 Å². The molecule has 1 heterocycles. The molecule has 1 amide bonds. The van der Waals surface area contributed by atoms with Gasteiger partial charge in [0.05, 0.1) is 6.04 Å². The predicted octanol–water partition coefficient (Wildman–Crippen LogP) is 2.90. The van der Waals surface area contributed by atoms with Gasteiger partial charge in [0.15, 0.2) is 0 Å². The first-order chi connectivity index (χ1) is 13.2. The molecule has 0 spiro atoms. The minimum absolute atomic E-state index is 0. The Kier molecular flexibility index (Phi) is 6.93. The number of aromatic hydroxyl groups is 1. The first-order valence-corrected chi connectivity index (χ1v) is 9.36. The molecule has 6 nitrogen and oxygen atoms in total. The van der Waals surface area contributed by atoms with Gasteiger partial charge in [0, 0.05) is 18.9 Å². The van der Waals surface area contributed by atoms with E-state index < -0.39 is 18.1 Å². The molecular weight excluding hydrogens is 392 g/mol. The van der Waals surface area contributed by atoms with Gasteiger partial charge >= 0.3 is 5.97 Å². The lowest BCUT2D eigenvalue weighted by Gasteiger charge is -2.37. The van der Waals surface area contributed by atoms with Gasteiger partial charge in [-0.15, -0.1) is 12.4 Å². The van der Waals surface area contributed by atoms with Crippen LogP contribution in [0.2, 0.25) is 0 Å². The number of aryl methyl sites for hydroxylation is 2. The van der Waals surface area contributed by atoms with Crippen LogP contribution >= 0.6 is 12.4 Å². The summed E-state index contributed by atoms with van der Waals surface area (Å²) >= 11 is 0. The molecule has 4 N–H and O–H groups in total. The minimum Gasteiger partial charge on any atom is -0.508 e. The molecule has 0 saturated heterocycles. The molecule has 2 aromatic carbocycles. The summed E-state index contributed by atoms with van der Waals surface area (Å²) in [6, 6.07) is 9.06. The van der Waals surface area contributed by atoms with Crippen molar-refractivity contribution in [2.45, 2.75) is 51.7 Å². The molecule has 0 aliphatic carbocycles. The van der Waals surface area contributed by atoms with Crippen molar-refractivity contribution < 1.29 is 19.8 Å². The second-order valence-corrected chi connectivity index (χ2v) is 7.60. The number of rotatable bonds is 4. The molecule has 0 radical (unpaired) electrons. The van der Waals surface area contributed by atoms with E-state index in [9.17, 15) is 19.8 Å². The monoisotopic (exact) mass is 418 g/mol. The molecule has 1 aliphatic rings. The van der Waals surface area contributed by atoms with Gasteiger partial charge in [-0.25, -0.2) is 4.79 Å². The molecule has 2 aromatic rings. The Morgan fingerprint density at radius 1 is 1.14 bits per heavy atom. The number of carbonyl (C=O) groups is 2. The minimum atomic E-state index is -1.03. The Morgan fingerprint density at radius 3 is 2.24 bits per heavy atom. The maximum Gasteiger partial charge on any atom is 0.326 e. The van der Waals surface area contributed by atoms with E-state index in [2.05, 4.69) is 0 Å². The molecule has 0 bridgehead atoms. The number of amides is 1. The molecule has 156 valence electrons. The van der Waals surface area contributed by atoms with Crippen molar-refractivity contribution in [1.29, 1.82) is 0 Å². The van der Waals surface area contributed by atoms with Gasteiger partial charge in [-0.1, -0.05) is 31.2 Å². The summed E-state index contributed by atoms with van der Waals surface area (Å²) in [5.41, 5.74) is 10.8. The van der Waals surface area contributed by atoms with E-state index in [-0.39, 0.29) is 42.9 Å². The van der Waals surface area contributed by atoms with E-state index in [1.807, 2.05) is 45.0 Å². The number of hydrogen-bond acceptors (Lipinski definition) is 4. The van der Waals surface area contributed by atoms with Crippen molar-refractivity contribution in [2.24, 2.45) is 5.73 Å². The first-order valence-electron chi connectivity index (χ1n) is 9.36. The molecular formula is C22H27ClN2O4. The number of phenols is 1. The molecule has 0 fully saturated rings. The topological polar surface area (TPSA) is 104 Å². The van der Waals surface area contributed by atoms with E-state index in [1.54, 1.807) is 12.1 Å². The van der Waals surface area contributed by atoms with Crippen LogP contribution in [0.4, 0.5) is 0 Å². The van der Waals surface area contributed by atoms with Gasteiger partial charge < -0.3 is 20.8 Å². The van der Waals surface area contributed by atoms with Crippen LogP contribution in [0, 0.1) is 13.8 Å². The van der Waals surface area contributed by atoms with Crippen molar-refractivity contribution in [3.05, 3.63) is 64.2 Å². The molecule has 0 unspecified atom stereocenters. The van der Waals surface area contributed by atoms with Crippen LogP contribution in [0.25, 0.3) is 0 Å². The third-order valence-corrected chi connectivity index (χ3v) is 5.67. The lowest BCUT2D eigenvalue weighted by molar-refractivity contribution is -0.152. The number of carbonyl (C=O) groups excluding carboxylic acids is 1. The number of carboxylic acids is 1. The van der Waals surface area contributed by atoms with E-state index in [4.69, 9.17) is 5.73 Å². The van der Waals surface area contributed by atoms with E-state index >= 15 is 0 Å². The van der Waals surface area contributed by atoms with Gasteiger partial charge in [0.1, 0.15) is 11.8 Å². The van der Waals surface area contributed by atoms with Crippen LogP contribution in [-0.4, -0.2) is 39.1 Å².